The summed E-state index contributed by atoms with van der Waals surface area (Å²) >= 11 is 1.50. The summed E-state index contributed by atoms with van der Waals surface area (Å²) in [5.41, 5.74) is 7.99. The van der Waals surface area contributed by atoms with Gasteiger partial charge in [-0.15, -0.1) is 11.3 Å². The second kappa shape index (κ2) is 12.1. The first kappa shape index (κ1) is 24.3. The Hall–Kier alpha value is -3.81. The average Bonchev–Trinajstić information content (AvgIpc) is 3.43. The summed E-state index contributed by atoms with van der Waals surface area (Å²) in [5.74, 6) is 0.727. The zero-order valence-corrected chi connectivity index (χ0v) is 20.1. The predicted octanol–water partition coefficient (Wildman–Crippen LogP) is 5.35. The Balaban J connectivity index is 1.34. The number of ether oxygens (including phenoxy) is 1. The monoisotopic (exact) mass is 485 g/mol. The maximum Gasteiger partial charge on any atom is 0.250 e. The van der Waals surface area contributed by atoms with Crippen LogP contribution in [-0.2, 0) is 13.0 Å². The summed E-state index contributed by atoms with van der Waals surface area (Å²) in [6.07, 6.45) is 2.75. The van der Waals surface area contributed by atoms with Crippen LogP contribution in [0.25, 0.3) is 0 Å². The molecule has 0 aliphatic carbocycles. The Labute approximate surface area is 209 Å². The van der Waals surface area contributed by atoms with Gasteiger partial charge in [0.1, 0.15) is 5.75 Å². The molecule has 2 aromatic carbocycles. The zero-order valence-electron chi connectivity index (χ0n) is 19.3. The second-order valence-corrected chi connectivity index (χ2v) is 9.11. The molecule has 2 N–H and O–H groups in total. The maximum atomic E-state index is 12.5. The molecule has 4 aromatic rings. The number of nitrogens with two attached hydrogens (primary N) is 1. The van der Waals surface area contributed by atoms with Crippen molar-refractivity contribution in [2.45, 2.75) is 19.4 Å². The Bertz CT molecular complexity index is 1220. The van der Waals surface area contributed by atoms with E-state index in [4.69, 9.17) is 10.5 Å². The van der Waals surface area contributed by atoms with E-state index in [9.17, 15) is 9.59 Å². The first-order valence-electron chi connectivity index (χ1n) is 11.4. The number of benzene rings is 2. The molecule has 2 aromatic heterocycles. The van der Waals surface area contributed by atoms with Gasteiger partial charge in [-0.1, -0.05) is 48.5 Å². The van der Waals surface area contributed by atoms with Crippen molar-refractivity contribution in [1.82, 2.24) is 9.88 Å². The van der Waals surface area contributed by atoms with Crippen LogP contribution in [0.3, 0.4) is 0 Å². The molecule has 0 atom stereocenters. The van der Waals surface area contributed by atoms with Crippen LogP contribution < -0.4 is 10.5 Å². The smallest absolute Gasteiger partial charge is 0.250 e. The van der Waals surface area contributed by atoms with Gasteiger partial charge in [0, 0.05) is 38.3 Å². The highest BCUT2D eigenvalue weighted by molar-refractivity contribution is 7.12. The molecule has 0 unspecified atom stereocenters. The van der Waals surface area contributed by atoms with E-state index in [0.29, 0.717) is 30.2 Å². The van der Waals surface area contributed by atoms with Crippen molar-refractivity contribution in [1.29, 1.82) is 0 Å². The number of rotatable bonds is 12. The molecule has 2 heterocycles. The molecule has 0 saturated carbocycles. The maximum absolute atomic E-state index is 12.5. The van der Waals surface area contributed by atoms with E-state index < -0.39 is 5.91 Å². The number of hydrogen-bond donors (Lipinski definition) is 1. The molecule has 0 radical (unpaired) electrons. The number of aromatic nitrogens is 1. The molecule has 0 aliphatic heterocycles. The Morgan fingerprint density at radius 1 is 0.886 bits per heavy atom. The molecule has 7 heteroatoms. The first-order valence-corrected chi connectivity index (χ1v) is 12.3. The van der Waals surface area contributed by atoms with Gasteiger partial charge >= 0.3 is 0 Å². The molecule has 1 amide bonds. The number of hydrogen-bond acceptors (Lipinski definition) is 6. The van der Waals surface area contributed by atoms with Crippen LogP contribution in [-0.4, -0.2) is 34.7 Å². The third kappa shape index (κ3) is 7.34. The summed E-state index contributed by atoms with van der Waals surface area (Å²) < 4.78 is 5.76. The number of ketones is 1. The van der Waals surface area contributed by atoms with Gasteiger partial charge in [-0.05, 0) is 47.2 Å². The third-order valence-electron chi connectivity index (χ3n) is 5.58. The van der Waals surface area contributed by atoms with Gasteiger partial charge in [-0.2, -0.15) is 0 Å². The molecular weight excluding hydrogens is 458 g/mol. The van der Waals surface area contributed by atoms with E-state index >= 15 is 0 Å². The summed E-state index contributed by atoms with van der Waals surface area (Å²) in [4.78, 5) is 30.9. The average molecular weight is 486 g/mol. The van der Waals surface area contributed by atoms with Crippen LogP contribution in [0.1, 0.15) is 37.6 Å². The number of carbonyl (C=O) groups excluding carboxylic acids is 2. The predicted molar refractivity (Wildman–Crippen MR) is 138 cm³/mol. The number of pyridine rings is 1. The lowest BCUT2D eigenvalue weighted by molar-refractivity contribution is 0.0964. The third-order valence-corrected chi connectivity index (χ3v) is 6.49. The highest BCUT2D eigenvalue weighted by atomic mass is 32.1. The second-order valence-electron chi connectivity index (χ2n) is 8.16. The molecule has 0 fully saturated rings. The minimum absolute atomic E-state index is 0.192. The Morgan fingerprint density at radius 3 is 2.34 bits per heavy atom. The van der Waals surface area contributed by atoms with Crippen LogP contribution in [0.2, 0.25) is 0 Å². The Kier molecular flexibility index (Phi) is 8.38. The van der Waals surface area contributed by atoms with Gasteiger partial charge in [0.25, 0.3) is 0 Å². The highest BCUT2D eigenvalue weighted by Crippen LogP contribution is 2.20. The normalized spacial score (nSPS) is 10.9. The number of thiophene rings is 1. The van der Waals surface area contributed by atoms with Gasteiger partial charge < -0.3 is 10.5 Å². The van der Waals surface area contributed by atoms with E-state index in [1.54, 1.807) is 12.1 Å². The molecule has 35 heavy (non-hydrogen) atoms. The van der Waals surface area contributed by atoms with Gasteiger partial charge in [-0.3, -0.25) is 14.5 Å². The first-order chi connectivity index (χ1) is 17.1. The van der Waals surface area contributed by atoms with E-state index in [0.717, 1.165) is 24.4 Å². The molecule has 0 aliphatic rings. The van der Waals surface area contributed by atoms with Gasteiger partial charge in [0.15, 0.2) is 5.78 Å². The Morgan fingerprint density at radius 2 is 1.69 bits per heavy atom. The van der Waals surface area contributed by atoms with Crippen molar-refractivity contribution in [2.75, 3.05) is 13.1 Å². The fraction of sp³-hybridized carbons (Fsp3) is 0.179. The van der Waals surface area contributed by atoms with Gasteiger partial charge in [0.05, 0.1) is 10.4 Å². The quantitative estimate of drug-likeness (QED) is 0.273. The number of primary amides is 1. The SMILES string of the molecule is NC(=O)c1ccc(Oc2ccc(CCN(CCC(=O)c3cccs3)Cc3ccccc3)cc2)nc1. The van der Waals surface area contributed by atoms with Crippen molar-refractivity contribution in [3.05, 3.63) is 112 Å². The fourth-order valence-electron chi connectivity index (χ4n) is 3.65. The zero-order chi connectivity index (χ0) is 24.5. The molecular formula is C28H27N3O3S. The number of nitrogens with zero attached hydrogens (tertiary/aromatic N) is 2. The molecule has 6 nitrogen and oxygen atoms in total. The van der Waals surface area contributed by atoms with E-state index in [1.807, 2.05) is 60.0 Å². The molecule has 178 valence electrons. The van der Waals surface area contributed by atoms with E-state index in [1.165, 1.54) is 28.7 Å². The molecule has 0 saturated heterocycles. The fourth-order valence-corrected chi connectivity index (χ4v) is 4.34. The van der Waals surface area contributed by atoms with Gasteiger partial charge in [0.2, 0.25) is 11.8 Å². The van der Waals surface area contributed by atoms with Crippen molar-refractivity contribution < 1.29 is 14.3 Å². The van der Waals surface area contributed by atoms with Crippen LogP contribution >= 0.6 is 11.3 Å². The standard InChI is InChI=1S/C28H27N3O3S/c29-28(33)23-10-13-27(30-19-23)34-24-11-8-21(9-12-24)14-16-31(20-22-5-2-1-3-6-22)17-15-25(32)26-7-4-18-35-26/h1-13,18-19H,14-17,20H2,(H2,29,33). The summed E-state index contributed by atoms with van der Waals surface area (Å²) in [5, 5.41) is 1.94. The lowest BCUT2D eigenvalue weighted by Gasteiger charge is -2.22. The van der Waals surface area contributed by atoms with Crippen LogP contribution in [0, 0.1) is 0 Å². The van der Waals surface area contributed by atoms with Crippen molar-refractivity contribution >= 4 is 23.0 Å². The number of carbonyl (C=O) groups is 2. The minimum atomic E-state index is -0.523. The molecule has 0 spiro atoms. The lowest BCUT2D eigenvalue weighted by Crippen LogP contribution is -2.28. The highest BCUT2D eigenvalue weighted by Gasteiger charge is 2.12. The van der Waals surface area contributed by atoms with Crippen LogP contribution in [0.5, 0.6) is 11.6 Å². The van der Waals surface area contributed by atoms with Gasteiger partial charge in [-0.25, -0.2) is 4.98 Å². The van der Waals surface area contributed by atoms with Crippen molar-refractivity contribution in [3.8, 4) is 11.6 Å². The van der Waals surface area contributed by atoms with E-state index in [2.05, 4.69) is 22.0 Å². The minimum Gasteiger partial charge on any atom is -0.439 e. The largest absolute Gasteiger partial charge is 0.439 e. The van der Waals surface area contributed by atoms with Crippen molar-refractivity contribution in [3.63, 3.8) is 0 Å². The van der Waals surface area contributed by atoms with Crippen molar-refractivity contribution in [2.24, 2.45) is 5.73 Å². The van der Waals surface area contributed by atoms with Crippen LogP contribution in [0.15, 0.2) is 90.4 Å². The topological polar surface area (TPSA) is 85.5 Å². The number of Topliss-reactive ketones (excluding diaryl/α,β-unsaturated/α-hetero) is 1. The summed E-state index contributed by atoms with van der Waals surface area (Å²) in [6.45, 7) is 2.34. The molecule has 0 bridgehead atoms. The van der Waals surface area contributed by atoms with E-state index in [-0.39, 0.29) is 5.78 Å². The summed E-state index contributed by atoms with van der Waals surface area (Å²) in [7, 11) is 0. The lowest BCUT2D eigenvalue weighted by atomic mass is 10.1. The molecule has 4 rings (SSSR count). The number of amides is 1. The summed E-state index contributed by atoms with van der Waals surface area (Å²) in [6, 6.07) is 25.2. The van der Waals surface area contributed by atoms with Crippen LogP contribution in [0.4, 0.5) is 0 Å².